The minimum atomic E-state index is -3.52. The van der Waals surface area contributed by atoms with Crippen LogP contribution < -0.4 is 0 Å². The fourth-order valence-electron chi connectivity index (χ4n) is 3.67. The molecule has 2 aromatic rings. The van der Waals surface area contributed by atoms with E-state index in [2.05, 4.69) is 0 Å². The fraction of sp³-hybridized carbons (Fsp3) is 0.500. The highest BCUT2D eigenvalue weighted by Crippen LogP contribution is 2.43. The number of rotatable bonds is 3. The fourth-order valence-corrected chi connectivity index (χ4v) is 6.80. The molecule has 0 spiro atoms. The van der Waals surface area contributed by atoms with Crippen molar-refractivity contribution in [3.63, 3.8) is 0 Å². The predicted molar refractivity (Wildman–Crippen MR) is 89.0 cm³/mol. The van der Waals surface area contributed by atoms with Crippen LogP contribution >= 0.6 is 11.3 Å². The van der Waals surface area contributed by atoms with Gasteiger partial charge in [-0.1, -0.05) is 18.2 Å². The lowest BCUT2D eigenvalue weighted by atomic mass is 9.76. The third-order valence-corrected chi connectivity index (χ3v) is 8.47. The van der Waals surface area contributed by atoms with Gasteiger partial charge in [0.15, 0.2) is 0 Å². The van der Waals surface area contributed by atoms with E-state index in [1.165, 1.54) is 15.6 Å². The summed E-state index contributed by atoms with van der Waals surface area (Å²) in [5.74, 6) is 0.172. The van der Waals surface area contributed by atoms with Gasteiger partial charge in [-0.3, -0.25) is 0 Å². The van der Waals surface area contributed by atoms with E-state index in [0.717, 1.165) is 16.5 Å². The van der Waals surface area contributed by atoms with Crippen molar-refractivity contribution < 1.29 is 18.3 Å². The molecule has 4 rings (SSSR count). The van der Waals surface area contributed by atoms with E-state index in [1.54, 1.807) is 6.07 Å². The van der Waals surface area contributed by atoms with Gasteiger partial charge < -0.3 is 9.84 Å². The molecule has 2 aliphatic heterocycles. The van der Waals surface area contributed by atoms with Crippen LogP contribution in [0, 0.1) is 11.3 Å². The normalized spacial score (nSPS) is 29.0. The number of ether oxygens (including phenoxy) is 1. The van der Waals surface area contributed by atoms with Gasteiger partial charge in [0.25, 0.3) is 10.0 Å². The molecule has 124 valence electrons. The second kappa shape index (κ2) is 5.53. The number of aliphatic hydroxyl groups is 1. The first-order valence-corrected chi connectivity index (χ1v) is 9.98. The lowest BCUT2D eigenvalue weighted by Gasteiger charge is -2.36. The number of benzene rings is 1. The third kappa shape index (κ3) is 2.42. The average molecular weight is 353 g/mol. The number of sulfonamides is 1. The molecule has 2 aliphatic rings. The van der Waals surface area contributed by atoms with Gasteiger partial charge in [-0.2, -0.15) is 4.31 Å². The summed E-state index contributed by atoms with van der Waals surface area (Å²) in [7, 11) is -3.52. The molecule has 0 radical (unpaired) electrons. The number of thiophene rings is 1. The Morgan fingerprint density at radius 2 is 2.22 bits per heavy atom. The molecule has 23 heavy (non-hydrogen) atoms. The Morgan fingerprint density at radius 1 is 1.39 bits per heavy atom. The number of aliphatic hydroxyl groups excluding tert-OH is 1. The van der Waals surface area contributed by atoms with Crippen LogP contribution in [0.5, 0.6) is 0 Å². The molecule has 1 aromatic heterocycles. The second-order valence-corrected chi connectivity index (χ2v) is 9.71. The molecule has 0 bridgehead atoms. The van der Waals surface area contributed by atoms with Crippen molar-refractivity contribution in [2.75, 3.05) is 32.9 Å². The quantitative estimate of drug-likeness (QED) is 0.915. The van der Waals surface area contributed by atoms with Gasteiger partial charge >= 0.3 is 0 Å². The third-order valence-electron chi connectivity index (χ3n) is 5.09. The largest absolute Gasteiger partial charge is 0.396 e. The molecule has 0 amide bonds. The minimum absolute atomic E-state index is 0.0316. The van der Waals surface area contributed by atoms with E-state index in [4.69, 9.17) is 4.74 Å². The molecular formula is C16H19NO4S2. The molecule has 2 saturated heterocycles. The molecule has 1 N–H and O–H groups in total. The van der Waals surface area contributed by atoms with E-state index < -0.39 is 15.4 Å². The molecule has 5 nitrogen and oxygen atoms in total. The summed E-state index contributed by atoms with van der Waals surface area (Å²) in [6.45, 7) is 1.86. The predicted octanol–water partition coefficient (Wildman–Crippen LogP) is 1.92. The van der Waals surface area contributed by atoms with E-state index in [-0.39, 0.29) is 12.5 Å². The average Bonchev–Trinajstić information content (AvgIpc) is 3.17. The van der Waals surface area contributed by atoms with Crippen molar-refractivity contribution in [2.24, 2.45) is 11.3 Å². The Morgan fingerprint density at radius 3 is 2.96 bits per heavy atom. The highest BCUT2D eigenvalue weighted by molar-refractivity contribution is 7.91. The number of fused-ring (bicyclic) bond motifs is 2. The SMILES string of the molecule is O=S(=O)(c1cc2ccccc2s1)N1C[C@@H]2CCOC[C@]2(CO)C1. The Hall–Kier alpha value is -0.990. The van der Waals surface area contributed by atoms with Crippen LogP contribution in [0.25, 0.3) is 10.1 Å². The maximum atomic E-state index is 13.0. The molecule has 0 saturated carbocycles. The maximum absolute atomic E-state index is 13.0. The van der Waals surface area contributed by atoms with Crippen LogP contribution in [-0.2, 0) is 14.8 Å². The topological polar surface area (TPSA) is 66.8 Å². The van der Waals surface area contributed by atoms with Crippen LogP contribution in [0.1, 0.15) is 6.42 Å². The standard InChI is InChI=1S/C16H19NO4S2/c18-10-16-9-17(8-13(16)5-6-21-11-16)23(19,20)15-7-12-3-1-2-4-14(12)22-15/h1-4,7,13,18H,5-6,8-11H2/t13-,16+/m0/s1. The van der Waals surface area contributed by atoms with Gasteiger partial charge in [-0.05, 0) is 29.9 Å². The lowest BCUT2D eigenvalue weighted by Crippen LogP contribution is -2.43. The van der Waals surface area contributed by atoms with Crippen LogP contribution in [0.4, 0.5) is 0 Å². The van der Waals surface area contributed by atoms with Crippen molar-refractivity contribution in [1.82, 2.24) is 4.31 Å². The van der Waals surface area contributed by atoms with Gasteiger partial charge in [-0.25, -0.2) is 8.42 Å². The molecule has 2 fully saturated rings. The van der Waals surface area contributed by atoms with Gasteiger partial charge in [0.05, 0.1) is 13.2 Å². The first-order chi connectivity index (χ1) is 11.0. The summed E-state index contributed by atoms with van der Waals surface area (Å²) >= 11 is 1.31. The highest BCUT2D eigenvalue weighted by atomic mass is 32.2. The van der Waals surface area contributed by atoms with Crippen molar-refractivity contribution in [1.29, 1.82) is 0 Å². The Kier molecular flexibility index (Phi) is 3.73. The summed E-state index contributed by atoms with van der Waals surface area (Å²) in [6.07, 6.45) is 0.805. The molecule has 3 heterocycles. The first-order valence-electron chi connectivity index (χ1n) is 7.72. The van der Waals surface area contributed by atoms with E-state index >= 15 is 0 Å². The van der Waals surface area contributed by atoms with Gasteiger partial charge in [-0.15, -0.1) is 11.3 Å². The van der Waals surface area contributed by atoms with Crippen LogP contribution in [-0.4, -0.2) is 50.7 Å². The van der Waals surface area contributed by atoms with Gasteiger partial charge in [0.2, 0.25) is 0 Å². The van der Waals surface area contributed by atoms with Crippen molar-refractivity contribution >= 4 is 31.4 Å². The monoisotopic (exact) mass is 353 g/mol. The smallest absolute Gasteiger partial charge is 0.252 e. The summed E-state index contributed by atoms with van der Waals surface area (Å²) in [6, 6.07) is 9.44. The lowest BCUT2D eigenvalue weighted by molar-refractivity contribution is -0.0552. The summed E-state index contributed by atoms with van der Waals surface area (Å²) in [5, 5.41) is 10.8. The molecule has 0 unspecified atom stereocenters. The highest BCUT2D eigenvalue weighted by Gasteiger charge is 2.51. The zero-order valence-electron chi connectivity index (χ0n) is 12.6. The van der Waals surface area contributed by atoms with Gasteiger partial charge in [0.1, 0.15) is 4.21 Å². The van der Waals surface area contributed by atoms with Gasteiger partial charge in [0, 0.05) is 29.8 Å². The minimum Gasteiger partial charge on any atom is -0.396 e. The van der Waals surface area contributed by atoms with Crippen LogP contribution in [0.15, 0.2) is 34.5 Å². The van der Waals surface area contributed by atoms with E-state index in [1.807, 2.05) is 24.3 Å². The molecule has 7 heteroatoms. The van der Waals surface area contributed by atoms with Crippen LogP contribution in [0.2, 0.25) is 0 Å². The van der Waals surface area contributed by atoms with Crippen molar-refractivity contribution in [3.8, 4) is 0 Å². The molecular weight excluding hydrogens is 334 g/mol. The second-order valence-electron chi connectivity index (χ2n) is 6.46. The Labute approximate surface area is 139 Å². The summed E-state index contributed by atoms with van der Waals surface area (Å²) < 4.78 is 34.4. The van der Waals surface area contributed by atoms with E-state index in [0.29, 0.717) is 30.5 Å². The summed E-state index contributed by atoms with van der Waals surface area (Å²) in [4.78, 5) is 0. The van der Waals surface area contributed by atoms with E-state index in [9.17, 15) is 13.5 Å². The first kappa shape index (κ1) is 15.5. The maximum Gasteiger partial charge on any atom is 0.252 e. The number of nitrogens with zero attached hydrogens (tertiary/aromatic N) is 1. The zero-order chi connectivity index (χ0) is 16.1. The number of hydrogen-bond donors (Lipinski definition) is 1. The zero-order valence-corrected chi connectivity index (χ0v) is 14.3. The van der Waals surface area contributed by atoms with Crippen molar-refractivity contribution in [2.45, 2.75) is 10.6 Å². The van der Waals surface area contributed by atoms with Crippen molar-refractivity contribution in [3.05, 3.63) is 30.3 Å². The van der Waals surface area contributed by atoms with Crippen LogP contribution in [0.3, 0.4) is 0 Å². The number of hydrogen-bond acceptors (Lipinski definition) is 5. The summed E-state index contributed by atoms with van der Waals surface area (Å²) in [5.41, 5.74) is -0.442. The molecule has 2 atom stereocenters. The Bertz CT molecular complexity index is 798. The molecule has 1 aromatic carbocycles. The molecule has 0 aliphatic carbocycles. The Balaban J connectivity index is 1.69.